The van der Waals surface area contributed by atoms with Crippen molar-refractivity contribution in [2.24, 2.45) is 0 Å². The van der Waals surface area contributed by atoms with Gasteiger partial charge in [-0.25, -0.2) is 14.2 Å². The Kier molecular flexibility index (Phi) is 5.63. The summed E-state index contributed by atoms with van der Waals surface area (Å²) in [5.41, 5.74) is -2.67. The Morgan fingerprint density at radius 2 is 0.821 bits per heavy atom. The standard InChI is InChI=1S/C28H19N3O6S2/c32-27-29(24-12-2-1-3-13-24)28(33)31(39(36,37)26-17-15-21-9-5-7-11-23(21)19-26)30(27)38(34,35)25-16-14-20-8-4-6-10-22(20)18-25/h1-19H. The van der Waals surface area contributed by atoms with Gasteiger partial charge in [-0.2, -0.15) is 16.8 Å². The molecule has 0 saturated heterocycles. The number of nitrogens with zero attached hydrogens (tertiary/aromatic N) is 3. The molecular weight excluding hydrogens is 538 g/mol. The molecule has 1 aromatic heterocycles. The van der Waals surface area contributed by atoms with Crippen molar-refractivity contribution >= 4 is 41.6 Å². The molecule has 0 spiro atoms. The van der Waals surface area contributed by atoms with Crippen molar-refractivity contribution in [1.29, 1.82) is 0 Å². The first-order chi connectivity index (χ1) is 18.7. The first-order valence-electron chi connectivity index (χ1n) is 11.7. The number of fused-ring (bicyclic) bond motifs is 2. The van der Waals surface area contributed by atoms with Gasteiger partial charge in [0.25, 0.3) is 20.0 Å². The van der Waals surface area contributed by atoms with E-state index >= 15 is 0 Å². The van der Waals surface area contributed by atoms with Crippen molar-refractivity contribution in [3.05, 3.63) is 136 Å². The van der Waals surface area contributed by atoms with E-state index in [-0.39, 0.29) is 23.7 Å². The van der Waals surface area contributed by atoms with E-state index in [1.807, 2.05) is 0 Å². The van der Waals surface area contributed by atoms with Crippen LogP contribution >= 0.6 is 0 Å². The van der Waals surface area contributed by atoms with Gasteiger partial charge in [-0.05, 0) is 57.9 Å². The van der Waals surface area contributed by atoms with Gasteiger partial charge >= 0.3 is 11.4 Å². The molecule has 0 N–H and O–H groups in total. The Bertz CT molecular complexity index is 2110. The zero-order valence-electron chi connectivity index (χ0n) is 20.1. The van der Waals surface area contributed by atoms with E-state index in [0.717, 1.165) is 10.8 Å². The number of aromatic nitrogens is 3. The quantitative estimate of drug-likeness (QED) is 0.320. The van der Waals surface area contributed by atoms with E-state index < -0.39 is 31.4 Å². The van der Waals surface area contributed by atoms with E-state index in [9.17, 15) is 26.4 Å². The van der Waals surface area contributed by atoms with Crippen LogP contribution < -0.4 is 11.4 Å². The van der Waals surface area contributed by atoms with Crippen LogP contribution in [0.25, 0.3) is 27.2 Å². The van der Waals surface area contributed by atoms with Gasteiger partial charge in [-0.1, -0.05) is 78.9 Å². The molecule has 0 bridgehead atoms. The van der Waals surface area contributed by atoms with Crippen molar-refractivity contribution in [3.8, 4) is 5.69 Å². The second-order valence-electron chi connectivity index (χ2n) is 8.75. The number of para-hydroxylation sites is 1. The fourth-order valence-corrected chi connectivity index (χ4v) is 7.53. The number of benzene rings is 5. The van der Waals surface area contributed by atoms with Gasteiger partial charge in [0, 0.05) is 0 Å². The lowest BCUT2D eigenvalue weighted by atomic mass is 10.1. The van der Waals surface area contributed by atoms with Crippen LogP contribution in [0, 0.1) is 0 Å². The highest BCUT2D eigenvalue weighted by molar-refractivity contribution is 7.92. The summed E-state index contributed by atoms with van der Waals surface area (Å²) in [6.45, 7) is 0. The van der Waals surface area contributed by atoms with E-state index in [4.69, 9.17) is 0 Å². The van der Waals surface area contributed by atoms with E-state index in [2.05, 4.69) is 0 Å². The molecule has 0 saturated carbocycles. The van der Waals surface area contributed by atoms with Crippen LogP contribution in [0.2, 0.25) is 0 Å². The third kappa shape index (κ3) is 3.90. The molecule has 9 nitrogen and oxygen atoms in total. The Hall–Kier alpha value is -4.74. The fourth-order valence-electron chi connectivity index (χ4n) is 4.46. The zero-order chi connectivity index (χ0) is 27.4. The molecule has 11 heteroatoms. The Morgan fingerprint density at radius 3 is 1.26 bits per heavy atom. The third-order valence-electron chi connectivity index (χ3n) is 6.38. The number of hydrogen-bond acceptors (Lipinski definition) is 6. The maximum Gasteiger partial charge on any atom is 0.367 e. The van der Waals surface area contributed by atoms with Crippen molar-refractivity contribution in [3.63, 3.8) is 0 Å². The fraction of sp³-hybridized carbons (Fsp3) is 0. The summed E-state index contributed by atoms with van der Waals surface area (Å²) in [6, 6.07) is 29.8. The summed E-state index contributed by atoms with van der Waals surface area (Å²) in [5, 5.41) is 2.60. The molecule has 5 aromatic carbocycles. The molecule has 194 valence electrons. The molecule has 0 fully saturated rings. The van der Waals surface area contributed by atoms with Gasteiger partial charge in [-0.3, -0.25) is 0 Å². The smallest absolute Gasteiger partial charge is 0.244 e. The second kappa shape index (κ2) is 8.93. The van der Waals surface area contributed by atoms with Crippen molar-refractivity contribution in [2.45, 2.75) is 9.79 Å². The molecule has 0 unspecified atom stereocenters. The Balaban J connectivity index is 1.68. The summed E-state index contributed by atoms with van der Waals surface area (Å²) in [6.07, 6.45) is 0. The first kappa shape index (κ1) is 24.6. The van der Waals surface area contributed by atoms with Crippen LogP contribution in [0.15, 0.2) is 135 Å². The Morgan fingerprint density at radius 1 is 0.436 bits per heavy atom. The lowest BCUT2D eigenvalue weighted by Gasteiger charge is -2.12. The predicted octanol–water partition coefficient (Wildman–Crippen LogP) is 3.58. The number of rotatable bonds is 5. The van der Waals surface area contributed by atoms with Crippen molar-refractivity contribution in [2.75, 3.05) is 0 Å². The average molecular weight is 558 g/mol. The normalized spacial score (nSPS) is 12.2. The number of hydrogen-bond donors (Lipinski definition) is 0. The molecule has 6 aromatic rings. The molecule has 1 heterocycles. The van der Waals surface area contributed by atoms with Gasteiger partial charge < -0.3 is 0 Å². The largest absolute Gasteiger partial charge is 0.367 e. The minimum Gasteiger partial charge on any atom is -0.244 e. The van der Waals surface area contributed by atoms with Crippen LogP contribution in [0.3, 0.4) is 0 Å². The summed E-state index contributed by atoms with van der Waals surface area (Å²) < 4.78 is 56.3. The van der Waals surface area contributed by atoms with Gasteiger partial charge in [0.05, 0.1) is 15.5 Å². The molecule has 39 heavy (non-hydrogen) atoms. The van der Waals surface area contributed by atoms with E-state index in [0.29, 0.717) is 15.3 Å². The zero-order valence-corrected chi connectivity index (χ0v) is 21.7. The summed E-state index contributed by atoms with van der Waals surface area (Å²) in [4.78, 5) is 26.6. The van der Waals surface area contributed by atoms with Crippen LogP contribution in [0.4, 0.5) is 0 Å². The third-order valence-corrected chi connectivity index (χ3v) is 9.73. The van der Waals surface area contributed by atoms with Crippen LogP contribution in [-0.4, -0.2) is 29.6 Å². The molecule has 0 aliphatic rings. The maximum absolute atomic E-state index is 13.9. The van der Waals surface area contributed by atoms with E-state index in [1.54, 1.807) is 78.9 Å². The van der Waals surface area contributed by atoms with Crippen LogP contribution in [0.5, 0.6) is 0 Å². The first-order valence-corrected chi connectivity index (χ1v) is 14.6. The lowest BCUT2D eigenvalue weighted by molar-refractivity contribution is 0.550. The van der Waals surface area contributed by atoms with Gasteiger partial charge in [0.15, 0.2) is 0 Å². The molecule has 6 rings (SSSR count). The molecule has 0 aliphatic carbocycles. The average Bonchev–Trinajstić information content (AvgIpc) is 3.23. The highest BCUT2D eigenvalue weighted by Gasteiger charge is 2.35. The molecule has 0 atom stereocenters. The SMILES string of the molecule is O=c1n(-c2ccccc2)c(=O)n(S(=O)(=O)c2ccc3ccccc3c2)n1S(=O)(=O)c1ccc2ccccc2c1. The van der Waals surface area contributed by atoms with Gasteiger partial charge in [-0.15, -0.1) is 8.17 Å². The van der Waals surface area contributed by atoms with Gasteiger partial charge in [0.1, 0.15) is 0 Å². The summed E-state index contributed by atoms with van der Waals surface area (Å²) >= 11 is 0. The molecule has 0 aliphatic heterocycles. The van der Waals surface area contributed by atoms with Crippen molar-refractivity contribution < 1.29 is 16.8 Å². The minimum atomic E-state index is -4.87. The van der Waals surface area contributed by atoms with Crippen LogP contribution in [-0.2, 0) is 20.0 Å². The summed E-state index contributed by atoms with van der Waals surface area (Å²) in [7, 11) is -9.74. The summed E-state index contributed by atoms with van der Waals surface area (Å²) in [5.74, 6) is 0. The monoisotopic (exact) mass is 557 g/mol. The highest BCUT2D eigenvalue weighted by atomic mass is 32.2. The predicted molar refractivity (Wildman–Crippen MR) is 147 cm³/mol. The topological polar surface area (TPSA) is 117 Å². The lowest BCUT2D eigenvalue weighted by Crippen LogP contribution is -2.37. The van der Waals surface area contributed by atoms with Crippen LogP contribution in [0.1, 0.15) is 0 Å². The molecule has 0 amide bonds. The second-order valence-corrected chi connectivity index (χ2v) is 12.3. The highest BCUT2D eigenvalue weighted by Crippen LogP contribution is 2.23. The molecular formula is C28H19N3O6S2. The van der Waals surface area contributed by atoms with Gasteiger partial charge in [0.2, 0.25) is 0 Å². The molecule has 0 radical (unpaired) electrons. The van der Waals surface area contributed by atoms with E-state index in [1.165, 1.54) is 36.4 Å². The van der Waals surface area contributed by atoms with Crippen molar-refractivity contribution in [1.82, 2.24) is 12.7 Å². The minimum absolute atomic E-state index is 0.0161. The Labute approximate surface area is 222 Å². The maximum atomic E-state index is 13.9.